The van der Waals surface area contributed by atoms with E-state index in [-0.39, 0.29) is 17.8 Å². The number of fused-ring (bicyclic) bond motifs is 2. The molecule has 4 aromatic rings. The summed E-state index contributed by atoms with van der Waals surface area (Å²) in [5.74, 6) is 0.126. The van der Waals surface area contributed by atoms with Gasteiger partial charge in [-0.05, 0) is 42.7 Å². The van der Waals surface area contributed by atoms with Crippen molar-refractivity contribution in [2.45, 2.75) is 25.5 Å². The van der Waals surface area contributed by atoms with Crippen molar-refractivity contribution < 1.29 is 14.3 Å². The molecule has 1 fully saturated rings. The Bertz CT molecular complexity index is 1400. The molecule has 1 saturated heterocycles. The van der Waals surface area contributed by atoms with Crippen LogP contribution in [0.5, 0.6) is 0 Å². The monoisotopic (exact) mass is 458 g/mol. The number of β-amino-alcohol motifs (C(OH)–C–C–N with tert-alkyl or cyclic N) is 1. The minimum absolute atomic E-state index is 0.155. The van der Waals surface area contributed by atoms with Crippen molar-refractivity contribution in [2.75, 3.05) is 23.3 Å². The number of halogens is 1. The lowest BCUT2D eigenvalue weighted by Gasteiger charge is -2.31. The van der Waals surface area contributed by atoms with Gasteiger partial charge in [-0.15, -0.1) is 0 Å². The highest BCUT2D eigenvalue weighted by Crippen LogP contribution is 2.35. The van der Waals surface area contributed by atoms with E-state index in [2.05, 4.69) is 25.5 Å². The number of aromatic nitrogens is 3. The third kappa shape index (κ3) is 3.54. The van der Waals surface area contributed by atoms with Crippen molar-refractivity contribution in [1.29, 1.82) is 0 Å². The summed E-state index contributed by atoms with van der Waals surface area (Å²) in [5.41, 5.74) is 5.23. The van der Waals surface area contributed by atoms with Crippen molar-refractivity contribution in [3.05, 3.63) is 71.9 Å². The zero-order valence-electron chi connectivity index (χ0n) is 18.3. The molecule has 172 valence electrons. The average Bonchev–Trinajstić information content (AvgIpc) is 3.44. The molecule has 1 atom stereocenters. The zero-order chi connectivity index (χ0) is 23.2. The highest BCUT2D eigenvalue weighted by molar-refractivity contribution is 6.06. The first kappa shape index (κ1) is 20.6. The number of benzene rings is 1. The quantitative estimate of drug-likeness (QED) is 0.434. The number of anilines is 3. The molecule has 3 N–H and O–H groups in total. The second kappa shape index (κ2) is 8.11. The number of imidazole rings is 1. The van der Waals surface area contributed by atoms with E-state index in [4.69, 9.17) is 0 Å². The Balaban J connectivity index is 1.32. The minimum atomic E-state index is -0.346. The van der Waals surface area contributed by atoms with E-state index in [1.807, 2.05) is 28.7 Å². The van der Waals surface area contributed by atoms with E-state index in [1.54, 1.807) is 18.6 Å². The molecule has 0 radical (unpaired) electrons. The number of carbonyl (C=O) groups excluding carboxylic acids is 1. The fraction of sp³-hybridized carbons (Fsp3) is 0.240. The SMILES string of the molecule is O=C1NCc2c(-c3cnc4cc(F)ccn34)ccc(Nc3ccc(N4CCC[C@H](O)C4)cn3)c21. The average molecular weight is 458 g/mol. The smallest absolute Gasteiger partial charge is 0.254 e. The summed E-state index contributed by atoms with van der Waals surface area (Å²) in [6.07, 6.45) is 6.60. The highest BCUT2D eigenvalue weighted by Gasteiger charge is 2.27. The Morgan fingerprint density at radius 2 is 2.06 bits per heavy atom. The molecule has 0 bridgehead atoms. The molecule has 34 heavy (non-hydrogen) atoms. The summed E-state index contributed by atoms with van der Waals surface area (Å²) in [6.45, 7) is 1.91. The standard InChI is InChI=1S/C25H23FN6O2/c26-15-7-9-32-21(13-28-23(32)10-15)18-4-5-20(24-19(18)12-29-25(24)34)30-22-6-3-16(11-27-22)31-8-1-2-17(33)14-31/h3-7,9-11,13,17,33H,1-2,8,12,14H2,(H,27,30)(H,29,34)/t17-/m0/s1. The number of piperidine rings is 1. The molecule has 2 aliphatic heterocycles. The molecular formula is C25H23FN6O2. The maximum atomic E-state index is 13.6. The first-order valence-electron chi connectivity index (χ1n) is 11.3. The summed E-state index contributed by atoms with van der Waals surface area (Å²) in [7, 11) is 0. The number of pyridine rings is 2. The second-order valence-corrected chi connectivity index (χ2v) is 8.68. The molecule has 3 aromatic heterocycles. The molecule has 6 rings (SSSR count). The van der Waals surface area contributed by atoms with Gasteiger partial charge in [-0.3, -0.25) is 9.20 Å². The number of nitrogens with zero attached hydrogens (tertiary/aromatic N) is 4. The molecule has 0 aliphatic carbocycles. The van der Waals surface area contributed by atoms with E-state index in [9.17, 15) is 14.3 Å². The number of hydrogen-bond acceptors (Lipinski definition) is 6. The van der Waals surface area contributed by atoms with E-state index >= 15 is 0 Å². The molecule has 1 aromatic carbocycles. The molecule has 0 saturated carbocycles. The van der Waals surface area contributed by atoms with Gasteiger partial charge in [0.25, 0.3) is 5.91 Å². The first-order valence-corrected chi connectivity index (χ1v) is 11.3. The lowest BCUT2D eigenvalue weighted by atomic mass is 9.99. The number of carbonyl (C=O) groups is 1. The summed E-state index contributed by atoms with van der Waals surface area (Å²) >= 11 is 0. The molecule has 0 unspecified atom stereocenters. The van der Waals surface area contributed by atoms with Crippen LogP contribution in [0, 0.1) is 5.82 Å². The molecule has 1 amide bonds. The van der Waals surface area contributed by atoms with Gasteiger partial charge < -0.3 is 20.6 Å². The fourth-order valence-corrected chi connectivity index (χ4v) is 4.82. The predicted octanol–water partition coefficient (Wildman–Crippen LogP) is 3.48. The highest BCUT2D eigenvalue weighted by atomic mass is 19.1. The Labute approximate surface area is 195 Å². The van der Waals surface area contributed by atoms with Crippen LogP contribution < -0.4 is 15.5 Å². The topological polar surface area (TPSA) is 94.8 Å². The van der Waals surface area contributed by atoms with Gasteiger partial charge in [-0.1, -0.05) is 6.07 Å². The fourth-order valence-electron chi connectivity index (χ4n) is 4.82. The summed E-state index contributed by atoms with van der Waals surface area (Å²) < 4.78 is 15.4. The maximum Gasteiger partial charge on any atom is 0.254 e. The van der Waals surface area contributed by atoms with Crippen LogP contribution in [-0.2, 0) is 6.54 Å². The first-order chi connectivity index (χ1) is 16.6. The predicted molar refractivity (Wildman–Crippen MR) is 127 cm³/mol. The Kier molecular flexibility index (Phi) is 4.91. The number of rotatable bonds is 4. The van der Waals surface area contributed by atoms with Crippen molar-refractivity contribution in [1.82, 2.24) is 19.7 Å². The van der Waals surface area contributed by atoms with Gasteiger partial charge in [-0.25, -0.2) is 14.4 Å². The Hall–Kier alpha value is -3.98. The van der Waals surface area contributed by atoms with Crippen LogP contribution in [0.2, 0.25) is 0 Å². The van der Waals surface area contributed by atoms with Gasteiger partial charge in [0.05, 0.1) is 41.1 Å². The van der Waals surface area contributed by atoms with Crippen molar-refractivity contribution >= 4 is 28.7 Å². The second-order valence-electron chi connectivity index (χ2n) is 8.68. The minimum Gasteiger partial charge on any atom is -0.391 e. The van der Waals surface area contributed by atoms with Gasteiger partial charge >= 0.3 is 0 Å². The third-order valence-corrected chi connectivity index (χ3v) is 6.49. The van der Waals surface area contributed by atoms with Crippen LogP contribution in [0.15, 0.2) is 55.0 Å². The van der Waals surface area contributed by atoms with Crippen molar-refractivity contribution in [3.8, 4) is 11.3 Å². The number of amides is 1. The van der Waals surface area contributed by atoms with E-state index in [0.29, 0.717) is 35.8 Å². The normalized spacial score (nSPS) is 17.6. The molecule has 8 nitrogen and oxygen atoms in total. The Morgan fingerprint density at radius 3 is 2.88 bits per heavy atom. The van der Waals surface area contributed by atoms with Crippen LogP contribution in [0.1, 0.15) is 28.8 Å². The number of nitrogens with one attached hydrogen (secondary N) is 2. The summed E-state index contributed by atoms with van der Waals surface area (Å²) in [5, 5.41) is 16.1. The summed E-state index contributed by atoms with van der Waals surface area (Å²) in [4.78, 5) is 23.7. The van der Waals surface area contributed by atoms with E-state index in [1.165, 1.54) is 12.1 Å². The maximum absolute atomic E-state index is 13.6. The van der Waals surface area contributed by atoms with Gasteiger partial charge in [0.2, 0.25) is 0 Å². The largest absolute Gasteiger partial charge is 0.391 e. The number of aliphatic hydroxyl groups is 1. The zero-order valence-corrected chi connectivity index (χ0v) is 18.3. The number of hydrogen-bond donors (Lipinski definition) is 3. The summed E-state index contributed by atoms with van der Waals surface area (Å²) in [6, 6.07) is 10.4. The Morgan fingerprint density at radius 1 is 1.15 bits per heavy atom. The lowest BCUT2D eigenvalue weighted by molar-refractivity contribution is 0.0966. The third-order valence-electron chi connectivity index (χ3n) is 6.49. The molecule has 2 aliphatic rings. The van der Waals surface area contributed by atoms with E-state index in [0.717, 1.165) is 41.9 Å². The molecule has 5 heterocycles. The van der Waals surface area contributed by atoms with Crippen LogP contribution in [-0.4, -0.2) is 44.6 Å². The number of aliphatic hydroxyl groups excluding tert-OH is 1. The lowest BCUT2D eigenvalue weighted by Crippen LogP contribution is -2.38. The van der Waals surface area contributed by atoms with Crippen LogP contribution in [0.25, 0.3) is 16.9 Å². The van der Waals surface area contributed by atoms with Gasteiger partial charge in [0, 0.05) is 37.5 Å². The molecule has 9 heteroatoms. The van der Waals surface area contributed by atoms with E-state index < -0.39 is 0 Å². The van der Waals surface area contributed by atoms with Gasteiger partial charge in [0.15, 0.2) is 0 Å². The van der Waals surface area contributed by atoms with Crippen LogP contribution in [0.3, 0.4) is 0 Å². The molecule has 0 spiro atoms. The van der Waals surface area contributed by atoms with Crippen molar-refractivity contribution in [3.63, 3.8) is 0 Å². The van der Waals surface area contributed by atoms with Gasteiger partial charge in [0.1, 0.15) is 17.3 Å². The molecular weight excluding hydrogens is 435 g/mol. The van der Waals surface area contributed by atoms with Crippen LogP contribution >= 0.6 is 0 Å². The van der Waals surface area contributed by atoms with Crippen LogP contribution in [0.4, 0.5) is 21.6 Å². The van der Waals surface area contributed by atoms with Gasteiger partial charge in [-0.2, -0.15) is 0 Å². The van der Waals surface area contributed by atoms with Crippen molar-refractivity contribution in [2.24, 2.45) is 0 Å².